The lowest BCUT2D eigenvalue weighted by Crippen LogP contribution is -2.08. The van der Waals surface area contributed by atoms with Gasteiger partial charge in [-0.3, -0.25) is 0 Å². The maximum atomic E-state index is 11.4. The second-order valence-corrected chi connectivity index (χ2v) is 6.79. The fourth-order valence-electron chi connectivity index (χ4n) is 1.95. The Bertz CT molecular complexity index is 776. The first kappa shape index (κ1) is 15.9. The van der Waals surface area contributed by atoms with Crippen molar-refractivity contribution in [3.63, 3.8) is 0 Å². The van der Waals surface area contributed by atoms with Gasteiger partial charge in [0.2, 0.25) is 0 Å². The van der Waals surface area contributed by atoms with Gasteiger partial charge in [0.05, 0.1) is 18.1 Å². The summed E-state index contributed by atoms with van der Waals surface area (Å²) < 4.78 is 27.9. The number of hydrogen-bond acceptors (Lipinski definition) is 5. The maximum absolute atomic E-state index is 11.4. The average Bonchev–Trinajstić information content (AvgIpc) is 2.52. The third-order valence-corrected chi connectivity index (χ3v) is 4.30. The third kappa shape index (κ3) is 3.77. The summed E-state index contributed by atoms with van der Waals surface area (Å²) in [5.41, 5.74) is 1.48. The molecular weight excluding hydrogens is 300 g/mol. The van der Waals surface area contributed by atoms with Gasteiger partial charge in [-0.1, -0.05) is 12.1 Å². The van der Waals surface area contributed by atoms with E-state index in [4.69, 9.17) is 4.74 Å². The van der Waals surface area contributed by atoms with Gasteiger partial charge in [0.1, 0.15) is 11.8 Å². The van der Waals surface area contributed by atoms with Crippen LogP contribution in [0, 0.1) is 11.3 Å². The third-order valence-electron chi connectivity index (χ3n) is 3.17. The first-order valence-electron chi connectivity index (χ1n) is 6.54. The highest BCUT2D eigenvalue weighted by Crippen LogP contribution is 2.22. The van der Waals surface area contributed by atoms with Gasteiger partial charge in [-0.2, -0.15) is 5.26 Å². The molecule has 0 heterocycles. The largest absolute Gasteiger partial charge is 0.497 e. The summed E-state index contributed by atoms with van der Waals surface area (Å²) in [4.78, 5) is 0.246. The highest BCUT2D eigenvalue weighted by molar-refractivity contribution is 7.90. The summed E-state index contributed by atoms with van der Waals surface area (Å²) in [7, 11) is -1.64. The lowest BCUT2D eigenvalue weighted by Gasteiger charge is -2.14. The van der Waals surface area contributed by atoms with Crippen molar-refractivity contribution in [2.24, 2.45) is 0 Å². The molecule has 0 aliphatic rings. The molecule has 0 radical (unpaired) electrons. The summed E-state index contributed by atoms with van der Waals surface area (Å²) in [6.07, 6.45) is 1.16. The van der Waals surface area contributed by atoms with Crippen molar-refractivity contribution in [2.45, 2.75) is 10.9 Å². The van der Waals surface area contributed by atoms with Crippen LogP contribution in [-0.4, -0.2) is 21.8 Å². The molecule has 5 nitrogen and oxygen atoms in total. The molecule has 1 atom stereocenters. The number of rotatable bonds is 5. The highest BCUT2D eigenvalue weighted by Gasteiger charge is 2.11. The van der Waals surface area contributed by atoms with Crippen LogP contribution in [0.3, 0.4) is 0 Å². The Labute approximate surface area is 130 Å². The maximum Gasteiger partial charge on any atom is 0.175 e. The second-order valence-electron chi connectivity index (χ2n) is 4.78. The van der Waals surface area contributed by atoms with Crippen molar-refractivity contribution in [1.82, 2.24) is 0 Å². The lowest BCUT2D eigenvalue weighted by atomic mass is 10.1. The van der Waals surface area contributed by atoms with Gasteiger partial charge < -0.3 is 10.1 Å². The van der Waals surface area contributed by atoms with Crippen LogP contribution in [0.5, 0.6) is 5.75 Å². The number of benzene rings is 2. The number of hydrogen-bond donors (Lipinski definition) is 1. The van der Waals surface area contributed by atoms with E-state index < -0.39 is 15.9 Å². The van der Waals surface area contributed by atoms with E-state index in [0.29, 0.717) is 5.69 Å². The molecule has 1 N–H and O–H groups in total. The summed E-state index contributed by atoms with van der Waals surface area (Å²) in [6.45, 7) is 0. The van der Waals surface area contributed by atoms with Gasteiger partial charge in [0, 0.05) is 11.9 Å². The molecule has 114 valence electrons. The number of anilines is 1. The Balaban J connectivity index is 2.18. The molecule has 2 aromatic carbocycles. The minimum atomic E-state index is -3.22. The predicted octanol–water partition coefficient (Wildman–Crippen LogP) is 2.78. The molecule has 0 aliphatic carbocycles. The van der Waals surface area contributed by atoms with Crippen LogP contribution >= 0.6 is 0 Å². The molecule has 0 bridgehead atoms. The number of sulfone groups is 1. The van der Waals surface area contributed by atoms with Gasteiger partial charge in [-0.05, 0) is 42.0 Å². The fraction of sp³-hybridized carbons (Fsp3) is 0.188. The van der Waals surface area contributed by atoms with E-state index in [2.05, 4.69) is 11.4 Å². The fourth-order valence-corrected chi connectivity index (χ4v) is 2.58. The Morgan fingerprint density at radius 1 is 1.09 bits per heavy atom. The van der Waals surface area contributed by atoms with E-state index >= 15 is 0 Å². The molecule has 22 heavy (non-hydrogen) atoms. The number of nitriles is 1. The zero-order valence-corrected chi connectivity index (χ0v) is 13.1. The molecule has 0 spiro atoms. The molecule has 0 aromatic heterocycles. The van der Waals surface area contributed by atoms with Crippen molar-refractivity contribution in [1.29, 1.82) is 5.26 Å². The Kier molecular flexibility index (Phi) is 4.68. The highest BCUT2D eigenvalue weighted by atomic mass is 32.2. The number of methoxy groups -OCH3 is 1. The Morgan fingerprint density at radius 3 is 2.14 bits per heavy atom. The molecule has 0 saturated carbocycles. The zero-order valence-electron chi connectivity index (χ0n) is 12.3. The van der Waals surface area contributed by atoms with Gasteiger partial charge >= 0.3 is 0 Å². The zero-order chi connectivity index (χ0) is 16.2. The van der Waals surface area contributed by atoms with Crippen LogP contribution in [-0.2, 0) is 9.84 Å². The van der Waals surface area contributed by atoms with Crippen molar-refractivity contribution in [3.8, 4) is 11.8 Å². The van der Waals surface area contributed by atoms with Crippen LogP contribution in [0.2, 0.25) is 0 Å². The quantitative estimate of drug-likeness (QED) is 0.917. The standard InChI is InChI=1S/C16H16N2O3S/c1-21-14-7-3-12(4-8-14)16(11-17)18-13-5-9-15(10-6-13)22(2,19)20/h3-10,16,18H,1-2H3. The van der Waals surface area contributed by atoms with E-state index in [-0.39, 0.29) is 4.90 Å². The Hall–Kier alpha value is -2.52. The van der Waals surface area contributed by atoms with Crippen LogP contribution in [0.1, 0.15) is 11.6 Å². The average molecular weight is 316 g/mol. The van der Waals surface area contributed by atoms with Crippen molar-refractivity contribution in [2.75, 3.05) is 18.7 Å². The topological polar surface area (TPSA) is 79.2 Å². The van der Waals surface area contributed by atoms with E-state index in [1.807, 2.05) is 12.1 Å². The van der Waals surface area contributed by atoms with Crippen molar-refractivity contribution >= 4 is 15.5 Å². The van der Waals surface area contributed by atoms with Gasteiger partial charge in [-0.25, -0.2) is 8.42 Å². The molecule has 1 unspecified atom stereocenters. The molecule has 0 amide bonds. The lowest BCUT2D eigenvalue weighted by molar-refractivity contribution is 0.414. The summed E-state index contributed by atoms with van der Waals surface area (Å²) in [5, 5.41) is 12.4. The summed E-state index contributed by atoms with van der Waals surface area (Å²) in [5.74, 6) is 0.720. The van der Waals surface area contributed by atoms with Crippen LogP contribution in [0.25, 0.3) is 0 Å². The number of nitrogens with one attached hydrogen (secondary N) is 1. The minimum absolute atomic E-state index is 0.246. The molecular formula is C16H16N2O3S. The summed E-state index contributed by atoms with van der Waals surface area (Å²) >= 11 is 0. The summed E-state index contributed by atoms with van der Waals surface area (Å²) in [6, 6.07) is 15.2. The molecule has 0 saturated heterocycles. The van der Waals surface area contributed by atoms with E-state index in [0.717, 1.165) is 17.6 Å². The normalized spacial score (nSPS) is 12.2. The molecule has 6 heteroatoms. The molecule has 2 rings (SSSR count). The van der Waals surface area contributed by atoms with Crippen molar-refractivity contribution < 1.29 is 13.2 Å². The van der Waals surface area contributed by atoms with Gasteiger partial charge in [0.15, 0.2) is 9.84 Å². The van der Waals surface area contributed by atoms with Crippen LogP contribution < -0.4 is 10.1 Å². The SMILES string of the molecule is COc1ccc(C(C#N)Nc2ccc(S(C)(=O)=O)cc2)cc1. The van der Waals surface area contributed by atoms with Gasteiger partial charge in [-0.15, -0.1) is 0 Å². The van der Waals surface area contributed by atoms with Crippen LogP contribution in [0.4, 0.5) is 5.69 Å². The predicted molar refractivity (Wildman–Crippen MR) is 84.5 cm³/mol. The second kappa shape index (κ2) is 6.50. The monoisotopic (exact) mass is 316 g/mol. The van der Waals surface area contributed by atoms with Gasteiger partial charge in [0.25, 0.3) is 0 Å². The first-order chi connectivity index (χ1) is 10.4. The van der Waals surface area contributed by atoms with E-state index in [9.17, 15) is 13.7 Å². The number of ether oxygens (including phenoxy) is 1. The van der Waals surface area contributed by atoms with Crippen molar-refractivity contribution in [3.05, 3.63) is 54.1 Å². The van der Waals surface area contributed by atoms with E-state index in [1.54, 1.807) is 31.4 Å². The molecule has 2 aromatic rings. The first-order valence-corrected chi connectivity index (χ1v) is 8.43. The smallest absolute Gasteiger partial charge is 0.175 e. The minimum Gasteiger partial charge on any atom is -0.497 e. The molecule has 0 fully saturated rings. The van der Waals surface area contributed by atoms with E-state index in [1.165, 1.54) is 12.1 Å². The number of nitrogens with zero attached hydrogens (tertiary/aromatic N) is 1. The Morgan fingerprint density at radius 2 is 1.68 bits per heavy atom. The molecule has 0 aliphatic heterocycles. The van der Waals surface area contributed by atoms with Crippen LogP contribution in [0.15, 0.2) is 53.4 Å².